The average molecular weight is 363 g/mol. The van der Waals surface area contributed by atoms with Crippen molar-refractivity contribution < 1.29 is 13.9 Å². The summed E-state index contributed by atoms with van der Waals surface area (Å²) >= 11 is 3.30. The second-order valence-corrected chi connectivity index (χ2v) is 5.54. The van der Waals surface area contributed by atoms with Gasteiger partial charge in [0.2, 0.25) is 0 Å². The Morgan fingerprint density at radius 3 is 2.95 bits per heavy atom. The zero-order valence-corrected chi connectivity index (χ0v) is 13.2. The van der Waals surface area contributed by atoms with Gasteiger partial charge >= 0.3 is 5.97 Å². The third kappa shape index (κ3) is 2.80. The molecule has 22 heavy (non-hydrogen) atoms. The molecule has 112 valence electrons. The van der Waals surface area contributed by atoms with Gasteiger partial charge in [0.1, 0.15) is 23.6 Å². The van der Waals surface area contributed by atoms with Crippen molar-refractivity contribution in [3.63, 3.8) is 0 Å². The molecule has 0 aliphatic heterocycles. The minimum atomic E-state index is -0.510. The quantitative estimate of drug-likeness (QED) is 0.669. The van der Waals surface area contributed by atoms with Crippen LogP contribution >= 0.6 is 15.9 Å². The normalized spacial score (nSPS) is 10.8. The Bertz CT molecular complexity index is 913. The predicted octanol–water partition coefficient (Wildman–Crippen LogP) is 2.72. The van der Waals surface area contributed by atoms with Gasteiger partial charge in [-0.25, -0.2) is 9.78 Å². The fourth-order valence-electron chi connectivity index (χ4n) is 2.01. The van der Waals surface area contributed by atoms with Crippen LogP contribution in [0.4, 0.5) is 0 Å². The predicted molar refractivity (Wildman–Crippen MR) is 81.7 cm³/mol. The van der Waals surface area contributed by atoms with Gasteiger partial charge in [-0.3, -0.25) is 9.20 Å². The first-order valence-electron chi connectivity index (χ1n) is 6.43. The summed E-state index contributed by atoms with van der Waals surface area (Å²) < 4.78 is 12.4. The molecule has 0 spiro atoms. The summed E-state index contributed by atoms with van der Waals surface area (Å²) in [5.74, 6) is -0.0227. The highest BCUT2D eigenvalue weighted by atomic mass is 79.9. The second kappa shape index (κ2) is 5.76. The van der Waals surface area contributed by atoms with Crippen LogP contribution < -0.4 is 5.56 Å². The van der Waals surface area contributed by atoms with Crippen LogP contribution in [0, 0.1) is 6.92 Å². The Morgan fingerprint density at radius 2 is 2.23 bits per heavy atom. The van der Waals surface area contributed by atoms with Gasteiger partial charge in [-0.1, -0.05) is 0 Å². The van der Waals surface area contributed by atoms with Crippen LogP contribution in [0.1, 0.15) is 21.8 Å². The molecule has 0 fully saturated rings. The monoisotopic (exact) mass is 362 g/mol. The van der Waals surface area contributed by atoms with E-state index in [-0.39, 0.29) is 12.2 Å². The lowest BCUT2D eigenvalue weighted by Crippen LogP contribution is -2.16. The van der Waals surface area contributed by atoms with Gasteiger partial charge in [-0.15, -0.1) is 0 Å². The van der Waals surface area contributed by atoms with Crippen LogP contribution in [-0.4, -0.2) is 15.4 Å². The Labute approximate surface area is 133 Å². The van der Waals surface area contributed by atoms with Crippen LogP contribution in [0.25, 0.3) is 5.65 Å². The highest BCUT2D eigenvalue weighted by Crippen LogP contribution is 2.12. The summed E-state index contributed by atoms with van der Waals surface area (Å²) in [4.78, 5) is 28.2. The molecule has 3 rings (SSSR count). The van der Waals surface area contributed by atoms with Gasteiger partial charge in [0.05, 0.1) is 12.0 Å². The molecule has 0 radical (unpaired) electrons. The molecule has 3 aromatic heterocycles. The number of aromatic nitrogens is 2. The van der Waals surface area contributed by atoms with Crippen molar-refractivity contribution in [3.8, 4) is 0 Å². The molecular formula is C15H11BrN2O4. The van der Waals surface area contributed by atoms with Gasteiger partial charge in [0, 0.05) is 16.7 Å². The highest BCUT2D eigenvalue weighted by Gasteiger charge is 2.13. The molecule has 6 nitrogen and oxygen atoms in total. The molecule has 0 atom stereocenters. The maximum Gasteiger partial charge on any atom is 0.342 e. The summed E-state index contributed by atoms with van der Waals surface area (Å²) in [6.45, 7) is 1.60. The maximum atomic E-state index is 12.0. The van der Waals surface area contributed by atoms with Crippen molar-refractivity contribution in [2.45, 2.75) is 13.5 Å². The standard InChI is InChI=1S/C15H11BrN2O4/c1-9-12(4-5-21-9)15(20)22-8-11-6-14(19)18-7-10(16)2-3-13(18)17-11/h2-7H,8H2,1H3. The number of carbonyl (C=O) groups excluding carboxylic acids is 1. The number of rotatable bonds is 3. The van der Waals surface area contributed by atoms with E-state index in [9.17, 15) is 9.59 Å². The van der Waals surface area contributed by atoms with Crippen LogP contribution in [0.2, 0.25) is 0 Å². The van der Waals surface area contributed by atoms with Gasteiger partial charge in [-0.2, -0.15) is 0 Å². The zero-order valence-electron chi connectivity index (χ0n) is 11.6. The topological polar surface area (TPSA) is 73.8 Å². The first-order chi connectivity index (χ1) is 10.5. The second-order valence-electron chi connectivity index (χ2n) is 4.63. The van der Waals surface area contributed by atoms with Gasteiger partial charge in [0.15, 0.2) is 0 Å². The summed E-state index contributed by atoms with van der Waals surface area (Å²) in [5.41, 5.74) is 1.00. The molecule has 0 saturated heterocycles. The Balaban J connectivity index is 1.83. The number of ether oxygens (including phenoxy) is 1. The lowest BCUT2D eigenvalue weighted by molar-refractivity contribution is 0.0465. The molecule has 0 aromatic carbocycles. The number of furan rings is 1. The largest absolute Gasteiger partial charge is 0.469 e. The highest BCUT2D eigenvalue weighted by molar-refractivity contribution is 9.10. The SMILES string of the molecule is Cc1occc1C(=O)OCc1cc(=O)n2cc(Br)ccc2n1. The van der Waals surface area contributed by atoms with Crippen LogP contribution in [0.3, 0.4) is 0 Å². The lowest BCUT2D eigenvalue weighted by Gasteiger charge is -2.06. The third-order valence-corrected chi connectivity index (χ3v) is 3.58. The molecular weight excluding hydrogens is 352 g/mol. The van der Waals surface area contributed by atoms with E-state index in [1.165, 1.54) is 22.8 Å². The van der Waals surface area contributed by atoms with Crippen molar-refractivity contribution >= 4 is 27.5 Å². The zero-order chi connectivity index (χ0) is 15.7. The molecule has 0 N–H and O–H groups in total. The Hall–Kier alpha value is -2.41. The number of carbonyl (C=O) groups is 1. The molecule has 0 amide bonds. The van der Waals surface area contributed by atoms with Gasteiger partial charge < -0.3 is 9.15 Å². The van der Waals surface area contributed by atoms with E-state index in [2.05, 4.69) is 20.9 Å². The van der Waals surface area contributed by atoms with Gasteiger partial charge in [-0.05, 0) is 41.1 Å². The summed E-state index contributed by atoms with van der Waals surface area (Å²) in [6, 6.07) is 6.37. The van der Waals surface area contributed by atoms with E-state index in [0.717, 1.165) is 4.47 Å². The Morgan fingerprint density at radius 1 is 1.41 bits per heavy atom. The number of halogens is 1. The fraction of sp³-hybridized carbons (Fsp3) is 0.133. The molecule has 0 bridgehead atoms. The van der Waals surface area contributed by atoms with E-state index in [1.54, 1.807) is 25.3 Å². The van der Waals surface area contributed by atoms with E-state index < -0.39 is 5.97 Å². The average Bonchev–Trinajstić information content (AvgIpc) is 2.92. The van der Waals surface area contributed by atoms with Crippen molar-refractivity contribution in [3.05, 3.63) is 68.6 Å². The van der Waals surface area contributed by atoms with Crippen LogP contribution in [0.15, 0.2) is 50.4 Å². The smallest absolute Gasteiger partial charge is 0.342 e. The van der Waals surface area contributed by atoms with Crippen molar-refractivity contribution in [2.24, 2.45) is 0 Å². The number of fused-ring (bicyclic) bond motifs is 1. The first-order valence-corrected chi connectivity index (χ1v) is 7.23. The first kappa shape index (κ1) is 14.5. The number of hydrogen-bond donors (Lipinski definition) is 0. The van der Waals surface area contributed by atoms with Crippen molar-refractivity contribution in [2.75, 3.05) is 0 Å². The van der Waals surface area contributed by atoms with E-state index in [1.807, 2.05) is 0 Å². The summed E-state index contributed by atoms with van der Waals surface area (Å²) in [5, 5.41) is 0. The van der Waals surface area contributed by atoms with Crippen LogP contribution in [-0.2, 0) is 11.3 Å². The number of aryl methyl sites for hydroxylation is 1. The van der Waals surface area contributed by atoms with Crippen molar-refractivity contribution in [1.82, 2.24) is 9.38 Å². The molecule has 0 saturated carbocycles. The number of nitrogens with zero attached hydrogens (tertiary/aromatic N) is 2. The number of pyridine rings is 1. The minimum Gasteiger partial charge on any atom is -0.469 e. The molecule has 3 heterocycles. The summed E-state index contributed by atoms with van der Waals surface area (Å²) in [7, 11) is 0. The third-order valence-electron chi connectivity index (χ3n) is 3.11. The molecule has 3 aromatic rings. The molecule has 7 heteroatoms. The number of esters is 1. The van der Waals surface area contributed by atoms with Crippen LogP contribution in [0.5, 0.6) is 0 Å². The van der Waals surface area contributed by atoms with E-state index in [0.29, 0.717) is 22.7 Å². The molecule has 0 unspecified atom stereocenters. The summed E-state index contributed by atoms with van der Waals surface area (Å²) in [6.07, 6.45) is 3.06. The van der Waals surface area contributed by atoms with E-state index in [4.69, 9.17) is 9.15 Å². The maximum absolute atomic E-state index is 12.0. The van der Waals surface area contributed by atoms with Crippen molar-refractivity contribution in [1.29, 1.82) is 0 Å². The fourth-order valence-corrected chi connectivity index (χ4v) is 2.35. The van der Waals surface area contributed by atoms with Gasteiger partial charge in [0.25, 0.3) is 5.56 Å². The minimum absolute atomic E-state index is 0.0781. The molecule has 0 aliphatic carbocycles. The number of hydrogen-bond acceptors (Lipinski definition) is 5. The lowest BCUT2D eigenvalue weighted by atomic mass is 10.3. The Kier molecular flexibility index (Phi) is 3.81. The van der Waals surface area contributed by atoms with E-state index >= 15 is 0 Å². The molecule has 0 aliphatic rings.